The fourth-order valence-corrected chi connectivity index (χ4v) is 1.29. The Bertz CT molecular complexity index is 515. The molecule has 0 aromatic rings. The lowest BCUT2D eigenvalue weighted by molar-refractivity contribution is -0.161. The molecular weight excluding hydrogens is 418 g/mol. The summed E-state index contributed by atoms with van der Waals surface area (Å²) >= 11 is 0. The molecule has 0 aliphatic carbocycles. The Morgan fingerprint density at radius 3 is 1.13 bits per heavy atom. The molecule has 0 spiro atoms. The van der Waals surface area contributed by atoms with Gasteiger partial charge in [0.25, 0.3) is 0 Å². The van der Waals surface area contributed by atoms with Crippen molar-refractivity contribution in [2.24, 2.45) is 17.2 Å². The largest absolute Gasteiger partial charge is 0.481 e. The first-order valence-corrected chi connectivity index (χ1v) is 9.37. The second-order valence-electron chi connectivity index (χ2n) is 5.78. The monoisotopic (exact) mass is 453 g/mol. The number of hydrogen-bond donors (Lipinski definition) is 6. The number of primary amides is 3. The normalized spacial score (nSPS) is 9.77. The molecule has 3 amide bonds. The Hall–Kier alpha value is -3.22. The zero-order valence-electron chi connectivity index (χ0n) is 18.2. The highest BCUT2D eigenvalue weighted by Gasteiger charge is 2.22. The zero-order valence-corrected chi connectivity index (χ0v) is 18.2. The maximum absolute atomic E-state index is 10.3. The molecule has 0 aliphatic rings. The highest BCUT2D eigenvalue weighted by molar-refractivity contribution is 5.80. The molecule has 0 saturated carbocycles. The van der Waals surface area contributed by atoms with Crippen molar-refractivity contribution in [3.63, 3.8) is 0 Å². The predicted molar refractivity (Wildman–Crippen MR) is 110 cm³/mol. The fraction of sp³-hybridized carbons (Fsp3) is 0.667. The summed E-state index contributed by atoms with van der Waals surface area (Å²) in [6.07, 6.45) is 1.73. The average molecular weight is 453 g/mol. The lowest BCUT2D eigenvalue weighted by atomic mass is 10.2. The van der Waals surface area contributed by atoms with Gasteiger partial charge < -0.3 is 37.3 Å². The van der Waals surface area contributed by atoms with E-state index in [4.69, 9.17) is 32.5 Å². The maximum atomic E-state index is 10.3. The standard InChI is InChI=1S/C6H8O7.3C4H9NO/c7-4(8)1-3(6(11)12)13-2-5(9)10;3*1-2-3-4(5)6/h3H,1-2H2,(H,7,8)(H,9,10)(H,11,12);3*2-3H2,1H3,(H2,5,6). The molecule has 0 rings (SSSR count). The molecule has 0 bridgehead atoms. The van der Waals surface area contributed by atoms with Gasteiger partial charge in [0, 0.05) is 19.3 Å². The number of aliphatic carboxylic acids is 3. The first-order chi connectivity index (χ1) is 14.2. The van der Waals surface area contributed by atoms with Crippen LogP contribution in [0.2, 0.25) is 0 Å². The summed E-state index contributed by atoms with van der Waals surface area (Å²) in [4.78, 5) is 59.7. The summed E-state index contributed by atoms with van der Waals surface area (Å²) in [5.74, 6) is -4.84. The zero-order chi connectivity index (χ0) is 25.4. The van der Waals surface area contributed by atoms with Crippen molar-refractivity contribution >= 4 is 35.6 Å². The summed E-state index contributed by atoms with van der Waals surface area (Å²) in [6.45, 7) is 4.94. The lowest BCUT2D eigenvalue weighted by Crippen LogP contribution is -2.29. The summed E-state index contributed by atoms with van der Waals surface area (Å²) in [6, 6.07) is 0. The van der Waals surface area contributed by atoms with Gasteiger partial charge in [-0.05, 0) is 19.3 Å². The van der Waals surface area contributed by atoms with Crippen molar-refractivity contribution in [2.45, 2.75) is 71.8 Å². The van der Waals surface area contributed by atoms with Crippen LogP contribution in [0.1, 0.15) is 65.7 Å². The molecule has 0 heterocycles. The van der Waals surface area contributed by atoms with Gasteiger partial charge in [0.1, 0.15) is 6.61 Å². The van der Waals surface area contributed by atoms with Crippen LogP contribution in [0.5, 0.6) is 0 Å². The first kappa shape index (κ1) is 35.2. The van der Waals surface area contributed by atoms with Gasteiger partial charge in [0.15, 0.2) is 6.10 Å². The third-order valence-electron chi connectivity index (χ3n) is 2.53. The van der Waals surface area contributed by atoms with Gasteiger partial charge in [-0.1, -0.05) is 20.8 Å². The average Bonchev–Trinajstić information content (AvgIpc) is 2.59. The lowest BCUT2D eigenvalue weighted by Gasteiger charge is -2.08. The molecule has 13 nitrogen and oxygen atoms in total. The number of hydrogen-bond acceptors (Lipinski definition) is 7. The molecule has 0 aromatic heterocycles. The second-order valence-corrected chi connectivity index (χ2v) is 5.78. The summed E-state index contributed by atoms with van der Waals surface area (Å²) in [7, 11) is 0. The predicted octanol–water partition coefficient (Wildman–Crippen LogP) is -0.169. The van der Waals surface area contributed by atoms with Crippen LogP contribution in [0, 0.1) is 0 Å². The minimum absolute atomic E-state index is 0.211. The maximum Gasteiger partial charge on any atom is 0.333 e. The number of carboxylic acids is 3. The van der Waals surface area contributed by atoms with Gasteiger partial charge >= 0.3 is 17.9 Å². The molecule has 0 radical (unpaired) electrons. The number of carbonyl (C=O) groups excluding carboxylic acids is 3. The van der Waals surface area contributed by atoms with Crippen molar-refractivity contribution in [1.82, 2.24) is 0 Å². The highest BCUT2D eigenvalue weighted by Crippen LogP contribution is 1.98. The molecular formula is C18H35N3O10. The topological polar surface area (TPSA) is 250 Å². The summed E-state index contributed by atoms with van der Waals surface area (Å²) < 4.78 is 4.30. The van der Waals surface area contributed by atoms with Crippen LogP contribution in [0.3, 0.4) is 0 Å². The van der Waals surface area contributed by atoms with Gasteiger partial charge in [-0.3, -0.25) is 19.2 Å². The minimum Gasteiger partial charge on any atom is -0.481 e. The molecule has 0 aromatic carbocycles. The van der Waals surface area contributed by atoms with E-state index in [0.717, 1.165) is 19.3 Å². The summed E-state index contributed by atoms with van der Waals surface area (Å²) in [5, 5.41) is 24.7. The number of ether oxygens (including phenoxy) is 1. The molecule has 9 N–H and O–H groups in total. The molecule has 31 heavy (non-hydrogen) atoms. The number of amides is 3. The van der Waals surface area contributed by atoms with Crippen molar-refractivity contribution < 1.29 is 48.8 Å². The molecule has 1 atom stereocenters. The Morgan fingerprint density at radius 1 is 0.677 bits per heavy atom. The fourth-order valence-electron chi connectivity index (χ4n) is 1.29. The smallest absolute Gasteiger partial charge is 0.333 e. The van der Waals surface area contributed by atoms with Crippen molar-refractivity contribution in [2.75, 3.05) is 6.61 Å². The molecule has 0 aliphatic heterocycles. The molecule has 1 unspecified atom stereocenters. The molecule has 0 saturated heterocycles. The van der Waals surface area contributed by atoms with E-state index in [-0.39, 0.29) is 17.7 Å². The van der Waals surface area contributed by atoms with E-state index < -0.39 is 37.0 Å². The van der Waals surface area contributed by atoms with Crippen molar-refractivity contribution in [1.29, 1.82) is 0 Å². The van der Waals surface area contributed by atoms with Crippen LogP contribution in [0.25, 0.3) is 0 Å². The Balaban J connectivity index is -0.000000171. The van der Waals surface area contributed by atoms with Crippen LogP contribution in [-0.4, -0.2) is 63.7 Å². The molecule has 182 valence electrons. The number of nitrogens with two attached hydrogens (primary N) is 3. The van der Waals surface area contributed by atoms with Gasteiger partial charge in [-0.25, -0.2) is 9.59 Å². The van der Waals surface area contributed by atoms with E-state index in [2.05, 4.69) is 4.74 Å². The second kappa shape index (κ2) is 24.8. The quantitative estimate of drug-likeness (QED) is 0.227. The number of carboxylic acid groups (broad SMARTS) is 3. The number of carbonyl (C=O) groups is 6. The Morgan fingerprint density at radius 2 is 1.00 bits per heavy atom. The van der Waals surface area contributed by atoms with Crippen LogP contribution < -0.4 is 17.2 Å². The first-order valence-electron chi connectivity index (χ1n) is 9.37. The summed E-state index contributed by atoms with van der Waals surface area (Å²) in [5.41, 5.74) is 14.3. The van der Waals surface area contributed by atoms with E-state index in [1.165, 1.54) is 0 Å². The van der Waals surface area contributed by atoms with Crippen molar-refractivity contribution in [3.05, 3.63) is 0 Å². The van der Waals surface area contributed by atoms with E-state index in [0.29, 0.717) is 19.3 Å². The van der Waals surface area contributed by atoms with Crippen LogP contribution >= 0.6 is 0 Å². The molecule has 13 heteroatoms. The van der Waals surface area contributed by atoms with Crippen LogP contribution in [0.15, 0.2) is 0 Å². The van der Waals surface area contributed by atoms with Crippen LogP contribution in [0.4, 0.5) is 0 Å². The Labute approximate surface area is 180 Å². The van der Waals surface area contributed by atoms with E-state index in [1.54, 1.807) is 0 Å². The Kier molecular flexibility index (Phi) is 28.2. The molecule has 0 fully saturated rings. The third kappa shape index (κ3) is 46.6. The van der Waals surface area contributed by atoms with E-state index >= 15 is 0 Å². The van der Waals surface area contributed by atoms with E-state index in [9.17, 15) is 28.8 Å². The third-order valence-corrected chi connectivity index (χ3v) is 2.53. The van der Waals surface area contributed by atoms with Gasteiger partial charge in [-0.15, -0.1) is 0 Å². The number of rotatable bonds is 12. The van der Waals surface area contributed by atoms with Crippen LogP contribution in [-0.2, 0) is 33.5 Å². The van der Waals surface area contributed by atoms with Gasteiger partial charge in [-0.2, -0.15) is 0 Å². The van der Waals surface area contributed by atoms with E-state index in [1.807, 2.05) is 20.8 Å². The minimum atomic E-state index is -1.62. The highest BCUT2D eigenvalue weighted by atomic mass is 16.5. The van der Waals surface area contributed by atoms with Gasteiger partial charge in [0.2, 0.25) is 17.7 Å². The van der Waals surface area contributed by atoms with Gasteiger partial charge in [0.05, 0.1) is 6.42 Å². The SMILES string of the molecule is CCCC(N)=O.CCCC(N)=O.CCCC(N)=O.O=C(O)COC(CC(=O)O)C(=O)O. The van der Waals surface area contributed by atoms with Crippen molar-refractivity contribution in [3.8, 4) is 0 Å².